The largest absolute Gasteiger partial charge is 0.467 e. The van der Waals surface area contributed by atoms with Crippen molar-refractivity contribution in [3.8, 4) is 0 Å². The van der Waals surface area contributed by atoms with Crippen LogP contribution >= 0.6 is 11.6 Å². The highest BCUT2D eigenvalue weighted by molar-refractivity contribution is 6.30. The minimum Gasteiger partial charge on any atom is -0.467 e. The first kappa shape index (κ1) is 26.0. The molecule has 0 saturated heterocycles. The molecule has 3 aromatic rings. The van der Waals surface area contributed by atoms with Crippen LogP contribution in [0.5, 0.6) is 0 Å². The van der Waals surface area contributed by atoms with E-state index in [0.29, 0.717) is 22.2 Å². The van der Waals surface area contributed by atoms with Crippen LogP contribution in [0.25, 0.3) is 0 Å². The molecule has 35 heavy (non-hydrogen) atoms. The van der Waals surface area contributed by atoms with E-state index in [1.807, 2.05) is 26.8 Å². The van der Waals surface area contributed by atoms with Gasteiger partial charge in [-0.3, -0.25) is 14.4 Å². The Kier molecular flexibility index (Phi) is 9.03. The number of benzene rings is 1. The first-order valence-corrected chi connectivity index (χ1v) is 11.7. The SMILES string of the molecule is Cc1ccnc(NC(=O)CCC(=O)N(Cc2ccco2)[C@H](C(=O)NC(C)C)c2ccc(Cl)cc2)c1. The molecule has 2 N–H and O–H groups in total. The zero-order valence-corrected chi connectivity index (χ0v) is 20.7. The zero-order valence-electron chi connectivity index (χ0n) is 20.0. The number of amides is 3. The van der Waals surface area contributed by atoms with E-state index in [1.54, 1.807) is 48.7 Å². The molecule has 8 nitrogen and oxygen atoms in total. The topological polar surface area (TPSA) is 105 Å². The molecule has 0 aliphatic carbocycles. The maximum atomic E-state index is 13.4. The Labute approximate surface area is 209 Å². The third-order valence-electron chi connectivity index (χ3n) is 5.15. The molecule has 0 fully saturated rings. The van der Waals surface area contributed by atoms with Crippen LogP contribution in [0.15, 0.2) is 65.4 Å². The van der Waals surface area contributed by atoms with E-state index >= 15 is 0 Å². The van der Waals surface area contributed by atoms with Crippen LogP contribution in [-0.2, 0) is 20.9 Å². The molecule has 2 aromatic heterocycles. The molecule has 0 aliphatic heterocycles. The molecule has 2 heterocycles. The van der Waals surface area contributed by atoms with Gasteiger partial charge in [-0.15, -0.1) is 0 Å². The fourth-order valence-electron chi connectivity index (χ4n) is 3.55. The number of aromatic nitrogens is 1. The number of nitrogens with zero attached hydrogens (tertiary/aromatic N) is 2. The van der Waals surface area contributed by atoms with Crippen molar-refractivity contribution < 1.29 is 18.8 Å². The van der Waals surface area contributed by atoms with E-state index in [1.165, 1.54) is 11.2 Å². The monoisotopic (exact) mass is 496 g/mol. The minimum absolute atomic E-state index is 0.0612. The molecular weight excluding hydrogens is 468 g/mol. The molecule has 9 heteroatoms. The average molecular weight is 497 g/mol. The van der Waals surface area contributed by atoms with Gasteiger partial charge in [-0.25, -0.2) is 4.98 Å². The Morgan fingerprint density at radius 1 is 1.09 bits per heavy atom. The van der Waals surface area contributed by atoms with E-state index in [-0.39, 0.29) is 43.1 Å². The van der Waals surface area contributed by atoms with E-state index in [2.05, 4.69) is 15.6 Å². The van der Waals surface area contributed by atoms with Gasteiger partial charge in [-0.2, -0.15) is 0 Å². The van der Waals surface area contributed by atoms with Gasteiger partial charge < -0.3 is 20.0 Å². The smallest absolute Gasteiger partial charge is 0.247 e. The number of halogens is 1. The number of rotatable bonds is 10. The van der Waals surface area contributed by atoms with Crippen molar-refractivity contribution in [2.45, 2.75) is 52.2 Å². The Morgan fingerprint density at radius 3 is 2.46 bits per heavy atom. The molecule has 3 rings (SSSR count). The minimum atomic E-state index is -0.936. The van der Waals surface area contributed by atoms with Crippen molar-refractivity contribution in [3.05, 3.63) is 82.9 Å². The molecule has 3 amide bonds. The van der Waals surface area contributed by atoms with Crippen LogP contribution in [0.4, 0.5) is 5.82 Å². The molecule has 0 saturated carbocycles. The summed E-state index contributed by atoms with van der Waals surface area (Å²) < 4.78 is 5.46. The Bertz CT molecular complexity index is 1150. The number of carbonyl (C=O) groups excluding carboxylic acids is 3. The summed E-state index contributed by atoms with van der Waals surface area (Å²) >= 11 is 6.05. The van der Waals surface area contributed by atoms with E-state index < -0.39 is 6.04 Å². The third-order valence-corrected chi connectivity index (χ3v) is 5.40. The second-order valence-corrected chi connectivity index (χ2v) is 8.92. The van der Waals surface area contributed by atoms with E-state index in [4.69, 9.17) is 16.0 Å². The summed E-state index contributed by atoms with van der Waals surface area (Å²) in [4.78, 5) is 44.7. The van der Waals surface area contributed by atoms with Crippen molar-refractivity contribution in [2.24, 2.45) is 0 Å². The predicted octanol–water partition coefficient (Wildman–Crippen LogP) is 4.65. The summed E-state index contributed by atoms with van der Waals surface area (Å²) in [5, 5.41) is 6.11. The lowest BCUT2D eigenvalue weighted by atomic mass is 10.0. The molecule has 0 bridgehead atoms. The maximum absolute atomic E-state index is 13.4. The lowest BCUT2D eigenvalue weighted by Gasteiger charge is -2.31. The average Bonchev–Trinajstić information content (AvgIpc) is 3.31. The van der Waals surface area contributed by atoms with Gasteiger partial charge in [0.05, 0.1) is 12.8 Å². The lowest BCUT2D eigenvalue weighted by molar-refractivity contribution is -0.142. The molecule has 184 valence electrons. The van der Waals surface area contributed by atoms with Gasteiger partial charge in [0.2, 0.25) is 17.7 Å². The van der Waals surface area contributed by atoms with Gasteiger partial charge >= 0.3 is 0 Å². The standard InChI is InChI=1S/C26H29ClN4O4/c1-17(2)29-26(34)25(19-6-8-20(27)9-7-19)31(16-21-5-4-14-35-21)24(33)11-10-23(32)30-22-15-18(3)12-13-28-22/h4-9,12-15,17,25H,10-11,16H2,1-3H3,(H,29,34)(H,28,30,32)/t25-/m0/s1. The van der Waals surface area contributed by atoms with Gasteiger partial charge in [0.15, 0.2) is 0 Å². The summed E-state index contributed by atoms with van der Waals surface area (Å²) in [6, 6.07) is 12.7. The number of nitrogens with one attached hydrogen (secondary N) is 2. The van der Waals surface area contributed by atoms with Gasteiger partial charge in [0, 0.05) is 30.1 Å². The van der Waals surface area contributed by atoms with Crippen LogP contribution in [0.1, 0.15) is 49.6 Å². The fraction of sp³-hybridized carbons (Fsp3) is 0.308. The van der Waals surface area contributed by atoms with Crippen molar-refractivity contribution in [1.82, 2.24) is 15.2 Å². The van der Waals surface area contributed by atoms with Crippen molar-refractivity contribution in [3.63, 3.8) is 0 Å². The second kappa shape index (κ2) is 12.2. The van der Waals surface area contributed by atoms with Crippen molar-refractivity contribution in [2.75, 3.05) is 5.32 Å². The van der Waals surface area contributed by atoms with Gasteiger partial charge in [0.1, 0.15) is 17.6 Å². The zero-order chi connectivity index (χ0) is 25.4. The highest BCUT2D eigenvalue weighted by atomic mass is 35.5. The molecular formula is C26H29ClN4O4. The molecule has 0 unspecified atom stereocenters. The second-order valence-electron chi connectivity index (χ2n) is 8.48. The molecule has 0 spiro atoms. The number of pyridine rings is 1. The van der Waals surface area contributed by atoms with Crippen LogP contribution in [-0.4, -0.2) is 33.6 Å². The van der Waals surface area contributed by atoms with Gasteiger partial charge in [-0.05, 0) is 68.3 Å². The Hall–Kier alpha value is -3.65. The third kappa shape index (κ3) is 7.68. The van der Waals surface area contributed by atoms with Gasteiger partial charge in [0.25, 0.3) is 0 Å². The van der Waals surface area contributed by atoms with E-state index in [9.17, 15) is 14.4 Å². The number of carbonyl (C=O) groups is 3. The first-order valence-electron chi connectivity index (χ1n) is 11.3. The first-order chi connectivity index (χ1) is 16.7. The molecule has 1 aromatic carbocycles. The number of anilines is 1. The van der Waals surface area contributed by atoms with Crippen molar-refractivity contribution >= 4 is 35.1 Å². The number of aryl methyl sites for hydroxylation is 1. The Morgan fingerprint density at radius 2 is 1.83 bits per heavy atom. The number of hydrogen-bond acceptors (Lipinski definition) is 5. The fourth-order valence-corrected chi connectivity index (χ4v) is 3.68. The summed E-state index contributed by atoms with van der Waals surface area (Å²) in [6.45, 7) is 5.65. The number of furan rings is 1. The van der Waals surface area contributed by atoms with Crippen molar-refractivity contribution in [1.29, 1.82) is 0 Å². The summed E-state index contributed by atoms with van der Waals surface area (Å²) in [5.74, 6) is -0.111. The highest BCUT2D eigenvalue weighted by Crippen LogP contribution is 2.26. The van der Waals surface area contributed by atoms with Crippen LogP contribution in [0.3, 0.4) is 0 Å². The summed E-state index contributed by atoms with van der Waals surface area (Å²) in [5.41, 5.74) is 1.55. The molecule has 0 aliphatic rings. The van der Waals surface area contributed by atoms with Gasteiger partial charge in [-0.1, -0.05) is 23.7 Å². The Balaban J connectivity index is 1.83. The van der Waals surface area contributed by atoms with E-state index in [0.717, 1.165) is 5.56 Å². The molecule has 0 radical (unpaired) electrons. The summed E-state index contributed by atoms with van der Waals surface area (Å²) in [6.07, 6.45) is 2.94. The highest BCUT2D eigenvalue weighted by Gasteiger charge is 2.32. The maximum Gasteiger partial charge on any atom is 0.247 e. The quantitative estimate of drug-likeness (QED) is 0.425. The summed E-state index contributed by atoms with van der Waals surface area (Å²) in [7, 11) is 0. The van der Waals surface area contributed by atoms with Crippen LogP contribution < -0.4 is 10.6 Å². The van der Waals surface area contributed by atoms with Crippen LogP contribution in [0.2, 0.25) is 5.02 Å². The normalized spacial score (nSPS) is 11.7. The predicted molar refractivity (Wildman–Crippen MR) is 134 cm³/mol. The van der Waals surface area contributed by atoms with Crippen LogP contribution in [0, 0.1) is 6.92 Å². The number of hydrogen-bond donors (Lipinski definition) is 2. The molecule has 1 atom stereocenters. The lowest BCUT2D eigenvalue weighted by Crippen LogP contribution is -2.45.